The van der Waals surface area contributed by atoms with Gasteiger partial charge in [-0.25, -0.2) is 4.79 Å². The molecule has 2 rings (SSSR count). The molecule has 10 nitrogen and oxygen atoms in total. The van der Waals surface area contributed by atoms with Gasteiger partial charge in [-0.1, -0.05) is 42.5 Å². The standard InChI is InChI=1S/C26H34N4O6S/c1-16(23(32)29-21(26(35)36)12-13-37-2)28-25(34)22(15-18-8-10-19(31)11-9-18)30-24(33)20(27)14-17-6-4-3-5-7-17/h3-11,16,20-22,31H,12-15,27H2,1-2H3,(H,28,34)(H,29,32)(H,30,33)(H,35,36). The number of carboxylic acids is 1. The van der Waals surface area contributed by atoms with E-state index in [1.165, 1.54) is 30.8 Å². The first kappa shape index (κ1) is 29.7. The average Bonchev–Trinajstić information content (AvgIpc) is 2.87. The van der Waals surface area contributed by atoms with E-state index in [-0.39, 0.29) is 25.0 Å². The van der Waals surface area contributed by atoms with Crippen molar-refractivity contribution in [2.45, 2.75) is 50.4 Å². The highest BCUT2D eigenvalue weighted by Gasteiger charge is 2.28. The number of hydrogen-bond acceptors (Lipinski definition) is 7. The maximum atomic E-state index is 13.1. The number of carboxylic acid groups (broad SMARTS) is 1. The fourth-order valence-corrected chi connectivity index (χ4v) is 3.96. The number of thioether (sulfide) groups is 1. The van der Waals surface area contributed by atoms with Gasteiger partial charge in [0, 0.05) is 6.42 Å². The Morgan fingerprint density at radius 1 is 0.838 bits per heavy atom. The fraction of sp³-hybridized carbons (Fsp3) is 0.385. The highest BCUT2D eigenvalue weighted by atomic mass is 32.2. The number of phenolic OH excluding ortho intramolecular Hbond substituents is 1. The highest BCUT2D eigenvalue weighted by Crippen LogP contribution is 2.12. The van der Waals surface area contributed by atoms with Crippen molar-refractivity contribution < 1.29 is 29.4 Å². The molecule has 2 aromatic rings. The Bertz CT molecular complexity index is 1050. The Morgan fingerprint density at radius 2 is 1.43 bits per heavy atom. The molecule has 3 amide bonds. The van der Waals surface area contributed by atoms with Crippen LogP contribution in [-0.2, 0) is 32.0 Å². The highest BCUT2D eigenvalue weighted by molar-refractivity contribution is 7.98. The topological polar surface area (TPSA) is 171 Å². The van der Waals surface area contributed by atoms with Gasteiger partial charge in [0.05, 0.1) is 6.04 Å². The summed E-state index contributed by atoms with van der Waals surface area (Å²) in [6.07, 6.45) is 2.42. The Morgan fingerprint density at radius 3 is 2.03 bits per heavy atom. The van der Waals surface area contributed by atoms with Crippen LogP contribution in [0, 0.1) is 0 Å². The van der Waals surface area contributed by atoms with Crippen LogP contribution in [-0.4, -0.2) is 70.1 Å². The number of hydrogen-bond donors (Lipinski definition) is 6. The molecule has 4 unspecified atom stereocenters. The predicted molar refractivity (Wildman–Crippen MR) is 142 cm³/mol. The predicted octanol–water partition coefficient (Wildman–Crippen LogP) is 0.817. The molecule has 11 heteroatoms. The van der Waals surface area contributed by atoms with Crippen molar-refractivity contribution in [3.8, 4) is 5.75 Å². The van der Waals surface area contributed by atoms with Crippen LogP contribution in [0.15, 0.2) is 54.6 Å². The first-order valence-electron chi connectivity index (χ1n) is 11.8. The summed E-state index contributed by atoms with van der Waals surface area (Å²) >= 11 is 1.46. The zero-order valence-corrected chi connectivity index (χ0v) is 21.7. The van der Waals surface area contributed by atoms with Gasteiger partial charge in [0.25, 0.3) is 0 Å². The lowest BCUT2D eigenvalue weighted by molar-refractivity contribution is -0.142. The van der Waals surface area contributed by atoms with Gasteiger partial charge in [-0.3, -0.25) is 14.4 Å². The third-order valence-electron chi connectivity index (χ3n) is 5.62. The largest absolute Gasteiger partial charge is 0.508 e. The zero-order valence-electron chi connectivity index (χ0n) is 20.8. The summed E-state index contributed by atoms with van der Waals surface area (Å²) in [4.78, 5) is 50.0. The smallest absolute Gasteiger partial charge is 0.326 e. The number of carbonyl (C=O) groups excluding carboxylic acids is 3. The minimum absolute atomic E-state index is 0.0541. The van der Waals surface area contributed by atoms with Crippen LogP contribution >= 0.6 is 11.8 Å². The SMILES string of the molecule is CSCCC(NC(=O)C(C)NC(=O)C(Cc1ccc(O)cc1)NC(=O)C(N)Cc1ccccc1)C(=O)O. The van der Waals surface area contributed by atoms with Crippen LogP contribution in [0.1, 0.15) is 24.5 Å². The van der Waals surface area contributed by atoms with E-state index < -0.39 is 47.9 Å². The van der Waals surface area contributed by atoms with Crippen molar-refractivity contribution >= 4 is 35.5 Å². The van der Waals surface area contributed by atoms with E-state index in [0.717, 1.165) is 5.56 Å². The van der Waals surface area contributed by atoms with Crippen LogP contribution in [0.25, 0.3) is 0 Å². The summed E-state index contributed by atoms with van der Waals surface area (Å²) in [6, 6.07) is 11.3. The van der Waals surface area contributed by atoms with E-state index >= 15 is 0 Å². The molecular formula is C26H34N4O6S. The van der Waals surface area contributed by atoms with Crippen LogP contribution in [0.5, 0.6) is 5.75 Å². The van der Waals surface area contributed by atoms with Gasteiger partial charge in [-0.15, -0.1) is 0 Å². The Balaban J connectivity index is 2.09. The molecule has 4 atom stereocenters. The summed E-state index contributed by atoms with van der Waals surface area (Å²) < 4.78 is 0. The minimum atomic E-state index is -1.16. The molecule has 37 heavy (non-hydrogen) atoms. The molecule has 200 valence electrons. The van der Waals surface area contributed by atoms with Gasteiger partial charge in [-0.05, 0) is 55.0 Å². The van der Waals surface area contributed by atoms with Crippen molar-refractivity contribution in [1.82, 2.24) is 16.0 Å². The van der Waals surface area contributed by atoms with Crippen molar-refractivity contribution in [3.05, 3.63) is 65.7 Å². The minimum Gasteiger partial charge on any atom is -0.508 e. The molecule has 0 aliphatic rings. The lowest BCUT2D eigenvalue weighted by Gasteiger charge is -2.24. The monoisotopic (exact) mass is 530 g/mol. The second-order valence-electron chi connectivity index (χ2n) is 8.64. The number of nitrogens with one attached hydrogen (secondary N) is 3. The van der Waals surface area contributed by atoms with Crippen molar-refractivity contribution in [2.24, 2.45) is 5.73 Å². The fourth-order valence-electron chi connectivity index (χ4n) is 3.49. The maximum absolute atomic E-state index is 13.1. The van der Waals surface area contributed by atoms with Crippen LogP contribution < -0.4 is 21.7 Å². The van der Waals surface area contributed by atoms with E-state index in [1.807, 2.05) is 36.6 Å². The summed E-state index contributed by atoms with van der Waals surface area (Å²) in [6.45, 7) is 1.43. The van der Waals surface area contributed by atoms with Crippen molar-refractivity contribution in [2.75, 3.05) is 12.0 Å². The molecule has 0 spiro atoms. The van der Waals surface area contributed by atoms with Crippen LogP contribution in [0.3, 0.4) is 0 Å². The Kier molecular flexibility index (Phi) is 11.9. The quantitative estimate of drug-likeness (QED) is 0.208. The molecule has 0 fully saturated rings. The van der Waals surface area contributed by atoms with Crippen LogP contribution in [0.2, 0.25) is 0 Å². The van der Waals surface area contributed by atoms with Crippen molar-refractivity contribution in [1.29, 1.82) is 0 Å². The summed E-state index contributed by atoms with van der Waals surface area (Å²) in [5.41, 5.74) is 7.61. The average molecular weight is 531 g/mol. The van der Waals surface area contributed by atoms with Crippen molar-refractivity contribution in [3.63, 3.8) is 0 Å². The maximum Gasteiger partial charge on any atom is 0.326 e. The van der Waals surface area contributed by atoms with Gasteiger partial charge in [0.2, 0.25) is 17.7 Å². The van der Waals surface area contributed by atoms with E-state index in [9.17, 15) is 29.4 Å². The van der Waals surface area contributed by atoms with Gasteiger partial charge < -0.3 is 31.9 Å². The van der Waals surface area contributed by atoms with E-state index in [0.29, 0.717) is 11.3 Å². The molecular weight excluding hydrogens is 496 g/mol. The first-order valence-corrected chi connectivity index (χ1v) is 13.2. The molecule has 7 N–H and O–H groups in total. The second-order valence-corrected chi connectivity index (χ2v) is 9.62. The summed E-state index contributed by atoms with van der Waals surface area (Å²) in [5.74, 6) is -2.39. The lowest BCUT2D eigenvalue weighted by Crippen LogP contribution is -2.57. The van der Waals surface area contributed by atoms with E-state index in [2.05, 4.69) is 16.0 Å². The Labute approximate surface area is 220 Å². The molecule has 0 bridgehead atoms. The molecule has 0 aliphatic carbocycles. The number of carbonyl (C=O) groups is 4. The summed E-state index contributed by atoms with van der Waals surface area (Å²) in [5, 5.41) is 26.6. The van der Waals surface area contributed by atoms with Crippen LogP contribution in [0.4, 0.5) is 0 Å². The third kappa shape index (κ3) is 10.1. The number of rotatable bonds is 14. The molecule has 0 saturated carbocycles. The number of benzene rings is 2. The van der Waals surface area contributed by atoms with Gasteiger partial charge in [0.15, 0.2) is 0 Å². The normalized spacial score (nSPS) is 14.0. The molecule has 2 aromatic carbocycles. The van der Waals surface area contributed by atoms with E-state index in [4.69, 9.17) is 5.73 Å². The van der Waals surface area contributed by atoms with Gasteiger partial charge >= 0.3 is 5.97 Å². The van der Waals surface area contributed by atoms with Gasteiger partial charge in [-0.2, -0.15) is 11.8 Å². The summed E-state index contributed by atoms with van der Waals surface area (Å²) in [7, 11) is 0. The molecule has 0 aliphatic heterocycles. The molecule has 0 heterocycles. The molecule has 0 saturated heterocycles. The number of phenols is 1. The van der Waals surface area contributed by atoms with Gasteiger partial charge in [0.1, 0.15) is 23.9 Å². The zero-order chi connectivity index (χ0) is 27.4. The number of amides is 3. The second kappa shape index (κ2) is 14.9. The first-order chi connectivity index (χ1) is 17.6. The van der Waals surface area contributed by atoms with E-state index in [1.54, 1.807) is 12.1 Å². The molecule has 0 aromatic heterocycles. The molecule has 0 radical (unpaired) electrons. The third-order valence-corrected chi connectivity index (χ3v) is 6.27. The number of aliphatic carboxylic acids is 1. The Hall–Kier alpha value is -3.57. The number of nitrogens with two attached hydrogens (primary N) is 1. The lowest BCUT2D eigenvalue weighted by atomic mass is 10.0. The number of aromatic hydroxyl groups is 1.